The largest absolute Gasteiger partial charge is 0.398 e. The fourth-order valence-electron chi connectivity index (χ4n) is 8.08. The van der Waals surface area contributed by atoms with Crippen LogP contribution in [0.2, 0.25) is 0 Å². The number of thiazole rings is 2. The van der Waals surface area contributed by atoms with Crippen molar-refractivity contribution in [3.63, 3.8) is 0 Å². The van der Waals surface area contributed by atoms with Gasteiger partial charge in [-0.3, -0.25) is 9.80 Å². The number of hydrogen-bond acceptors (Lipinski definition) is 14. The zero-order valence-electron chi connectivity index (χ0n) is 37.4. The van der Waals surface area contributed by atoms with Crippen molar-refractivity contribution in [1.82, 2.24) is 9.97 Å². The van der Waals surface area contributed by atoms with Crippen molar-refractivity contribution in [1.29, 1.82) is 0 Å². The molecule has 2 heterocycles. The van der Waals surface area contributed by atoms with Gasteiger partial charge >= 0.3 is 0 Å². The summed E-state index contributed by atoms with van der Waals surface area (Å²) in [4.78, 5) is 12.9. The van der Waals surface area contributed by atoms with Gasteiger partial charge in [0.2, 0.25) is 9.84 Å². The highest BCUT2D eigenvalue weighted by Gasteiger charge is 2.35. The van der Waals surface area contributed by atoms with Crippen LogP contribution in [0.1, 0.15) is 0 Å². The van der Waals surface area contributed by atoms with E-state index in [0.29, 0.717) is 65.3 Å². The Balaban J connectivity index is 1.26. The summed E-state index contributed by atoms with van der Waals surface area (Å²) < 4.78 is 35.1. The van der Waals surface area contributed by atoms with Gasteiger partial charge in [-0.2, -0.15) is 0 Å². The van der Waals surface area contributed by atoms with Gasteiger partial charge in [0.05, 0.1) is 21.2 Å². The number of nitrogens with one attached hydrogen (secondary N) is 2. The highest BCUT2D eigenvalue weighted by atomic mass is 79.9. The van der Waals surface area contributed by atoms with Crippen LogP contribution in [-0.4, -0.2) is 18.4 Å². The molecule has 12 nitrogen and oxygen atoms in total. The Morgan fingerprint density at radius 1 is 0.451 bits per heavy atom. The molecule has 0 saturated carbocycles. The molecule has 0 amide bonds. The van der Waals surface area contributed by atoms with Gasteiger partial charge in [0.1, 0.15) is 10.0 Å². The average molecular weight is 1120 g/mol. The summed E-state index contributed by atoms with van der Waals surface area (Å²) in [5.74, 6) is 0.329. The summed E-state index contributed by atoms with van der Waals surface area (Å²) >= 11 is 9.65. The lowest BCUT2D eigenvalue weighted by Gasteiger charge is -2.29. The monoisotopic (exact) mass is 1120 g/mol. The summed E-state index contributed by atoms with van der Waals surface area (Å²) in [5, 5.41) is 8.61. The lowest BCUT2D eigenvalue weighted by Crippen LogP contribution is -2.19. The predicted molar refractivity (Wildman–Crippen MR) is 302 cm³/mol. The lowest BCUT2D eigenvalue weighted by molar-refractivity contribution is 0.596. The summed E-state index contributed by atoms with van der Waals surface area (Å²) in [6, 6.07) is 59.7. The average Bonchev–Trinajstić information content (AvgIpc) is 3.92. The molecular weight excluding hydrogens is 1080 g/mol. The normalized spacial score (nSPS) is 11.3. The third kappa shape index (κ3) is 9.78. The van der Waals surface area contributed by atoms with Crippen molar-refractivity contribution >= 4 is 142 Å². The molecule has 10 N–H and O–H groups in total. The zero-order valence-corrected chi connectivity index (χ0v) is 43.0. The number of nitrogens with zero attached hydrogens (tertiary/aromatic N) is 4. The summed E-state index contributed by atoms with van der Waals surface area (Å²) in [6.07, 6.45) is 0. The van der Waals surface area contributed by atoms with Crippen molar-refractivity contribution in [3.05, 3.63) is 203 Å². The molecule has 0 bridgehead atoms. The number of benzene rings is 8. The summed E-state index contributed by atoms with van der Waals surface area (Å²) in [6.45, 7) is 0. The molecular formula is C54H42Br2N10O2S3. The molecule has 0 unspecified atom stereocenters. The molecule has 17 heteroatoms. The van der Waals surface area contributed by atoms with Crippen LogP contribution in [0.5, 0.6) is 0 Å². The van der Waals surface area contributed by atoms with Crippen LogP contribution in [-0.2, 0) is 9.84 Å². The second-order valence-corrected chi connectivity index (χ2v) is 21.7. The van der Waals surface area contributed by atoms with E-state index in [-0.39, 0.29) is 32.8 Å². The molecule has 10 aromatic rings. The van der Waals surface area contributed by atoms with Gasteiger partial charge in [-0.15, -0.1) is 0 Å². The molecule has 8 aromatic carbocycles. The van der Waals surface area contributed by atoms with Gasteiger partial charge in [0.15, 0.2) is 21.9 Å². The molecule has 0 saturated heterocycles. The standard InChI is InChI=1S/C54H42Br2N10O2S3/c55-35-25-21-33(22-26-35)41-29-47(45(31-43(41)57)65(39-17-9-3-10-18-39)51-49(59)63-53(69-51)61-37-13-5-1-6-14-37)71(67,68)48-30-42(34-23-27-36(56)28-24-34)44(58)32-46(48)66(40-19-11-4-12-20-40)52-50(60)64-54(70-52)62-38-15-7-2-8-16-38/h1-32H,57-60H2,(H,61,63)(H,62,64). The van der Waals surface area contributed by atoms with E-state index in [1.165, 1.54) is 22.7 Å². The number of hydrogen-bond donors (Lipinski definition) is 6. The predicted octanol–water partition coefficient (Wildman–Crippen LogP) is 15.0. The molecule has 0 fully saturated rings. The Morgan fingerprint density at radius 2 is 0.789 bits per heavy atom. The number of nitrogens with two attached hydrogens (primary N) is 4. The second-order valence-electron chi connectivity index (χ2n) is 16.1. The fourth-order valence-corrected chi connectivity index (χ4v) is 12.1. The Morgan fingerprint density at radius 3 is 1.14 bits per heavy atom. The van der Waals surface area contributed by atoms with Crippen LogP contribution < -0.4 is 43.4 Å². The first-order valence-corrected chi connectivity index (χ1v) is 26.6. The van der Waals surface area contributed by atoms with Gasteiger partial charge < -0.3 is 33.6 Å². The van der Waals surface area contributed by atoms with Crippen LogP contribution in [0.4, 0.5) is 77.4 Å². The van der Waals surface area contributed by atoms with E-state index in [0.717, 1.165) is 20.3 Å². The first-order valence-electron chi connectivity index (χ1n) is 21.9. The molecule has 0 aliphatic carbocycles. The van der Waals surface area contributed by atoms with Gasteiger partial charge in [-0.25, -0.2) is 18.4 Å². The minimum absolute atomic E-state index is 0.0802. The zero-order chi connectivity index (χ0) is 49.2. The van der Waals surface area contributed by atoms with E-state index in [4.69, 9.17) is 32.9 Å². The minimum atomic E-state index is -4.70. The highest BCUT2D eigenvalue weighted by Crippen LogP contribution is 2.52. The van der Waals surface area contributed by atoms with Gasteiger partial charge in [0, 0.05) is 54.2 Å². The Kier molecular flexibility index (Phi) is 13.2. The van der Waals surface area contributed by atoms with Crippen molar-refractivity contribution < 1.29 is 8.42 Å². The molecule has 352 valence electrons. The maximum atomic E-state index is 16.7. The lowest BCUT2D eigenvalue weighted by atomic mass is 10.0. The maximum Gasteiger partial charge on any atom is 0.210 e. The van der Waals surface area contributed by atoms with Crippen molar-refractivity contribution in [2.24, 2.45) is 0 Å². The molecule has 0 spiro atoms. The van der Waals surface area contributed by atoms with E-state index in [9.17, 15) is 0 Å². The quantitative estimate of drug-likeness (QED) is 0.0565. The van der Waals surface area contributed by atoms with Crippen molar-refractivity contribution in [2.75, 3.05) is 43.4 Å². The van der Waals surface area contributed by atoms with Gasteiger partial charge in [-0.05, 0) is 108 Å². The molecule has 0 radical (unpaired) electrons. The van der Waals surface area contributed by atoms with Crippen molar-refractivity contribution in [3.8, 4) is 22.3 Å². The van der Waals surface area contributed by atoms with E-state index < -0.39 is 9.84 Å². The van der Waals surface area contributed by atoms with Crippen LogP contribution in [0.3, 0.4) is 0 Å². The third-order valence-electron chi connectivity index (χ3n) is 11.4. The molecule has 0 aliphatic rings. The van der Waals surface area contributed by atoms with E-state index in [2.05, 4.69) is 42.5 Å². The maximum absolute atomic E-state index is 16.7. The van der Waals surface area contributed by atoms with Gasteiger partial charge in [0.25, 0.3) is 0 Å². The van der Waals surface area contributed by atoms with Crippen LogP contribution in [0.25, 0.3) is 22.3 Å². The first-order chi connectivity index (χ1) is 34.4. The summed E-state index contributed by atoms with van der Waals surface area (Å²) in [5.41, 5.74) is 34.2. The topological polar surface area (TPSA) is 195 Å². The highest BCUT2D eigenvalue weighted by molar-refractivity contribution is 9.10. The molecule has 71 heavy (non-hydrogen) atoms. The number of anilines is 14. The van der Waals surface area contributed by atoms with Crippen molar-refractivity contribution in [2.45, 2.75) is 9.79 Å². The fraction of sp³-hybridized carbons (Fsp3) is 0. The van der Waals surface area contributed by atoms with E-state index in [1.54, 1.807) is 34.1 Å². The molecule has 2 aromatic heterocycles. The molecule has 0 aliphatic heterocycles. The van der Waals surface area contributed by atoms with Crippen LogP contribution in [0, 0.1) is 0 Å². The molecule has 0 atom stereocenters. The minimum Gasteiger partial charge on any atom is -0.398 e. The number of halogens is 2. The Hall–Kier alpha value is -7.67. The number of aromatic nitrogens is 2. The van der Waals surface area contributed by atoms with E-state index in [1.807, 2.05) is 170 Å². The van der Waals surface area contributed by atoms with Gasteiger partial charge in [-0.1, -0.05) is 152 Å². The number of sulfone groups is 1. The summed E-state index contributed by atoms with van der Waals surface area (Å²) in [7, 11) is -4.70. The first kappa shape index (κ1) is 47.0. The van der Waals surface area contributed by atoms with Crippen LogP contribution >= 0.6 is 54.5 Å². The third-order valence-corrected chi connectivity index (χ3v) is 16.2. The van der Waals surface area contributed by atoms with E-state index >= 15 is 8.42 Å². The molecule has 10 rings (SSSR count). The Labute approximate surface area is 435 Å². The van der Waals surface area contributed by atoms with Crippen LogP contribution in [0.15, 0.2) is 213 Å². The number of rotatable bonds is 14. The second kappa shape index (κ2) is 20.0. The number of para-hydroxylation sites is 4. The SMILES string of the molecule is Nc1cc(N(c2ccccc2)c2sc(Nc3ccccc3)nc2N)c(S(=O)(=O)c2cc(-c3ccc(Br)cc3)c(N)cc2N(c2ccccc2)c2sc(Nc3ccccc3)nc2N)cc1-c1ccc(Br)cc1. The Bertz CT molecular complexity index is 3390. The smallest absolute Gasteiger partial charge is 0.210 e. The number of nitrogen functional groups attached to an aromatic ring is 4.